The number of H-pyrrole nitrogens is 1. The number of nitrogens with one attached hydrogen (secondary N) is 1. The van der Waals surface area contributed by atoms with E-state index in [2.05, 4.69) is 55.2 Å². The number of aromatic nitrogens is 5. The predicted molar refractivity (Wildman–Crippen MR) is 130 cm³/mol. The Morgan fingerprint density at radius 1 is 1.12 bits per heavy atom. The lowest BCUT2D eigenvalue weighted by Gasteiger charge is -2.39. The summed E-state index contributed by atoms with van der Waals surface area (Å²) < 4.78 is 2.10. The lowest BCUT2D eigenvalue weighted by molar-refractivity contribution is 0.0830. The molecule has 2 fully saturated rings. The summed E-state index contributed by atoms with van der Waals surface area (Å²) in [6.45, 7) is 4.89. The maximum atomic E-state index is 13.1. The van der Waals surface area contributed by atoms with E-state index in [9.17, 15) is 4.79 Å². The topological polar surface area (TPSA) is 79.7 Å². The predicted octanol–water partition coefficient (Wildman–Crippen LogP) is 5.22. The highest BCUT2D eigenvalue weighted by Gasteiger charge is 2.33. The second kappa shape index (κ2) is 9.75. The highest BCUT2D eigenvalue weighted by atomic mass is 16.1. The summed E-state index contributed by atoms with van der Waals surface area (Å²) in [7, 11) is 0. The maximum absolute atomic E-state index is 13.1. The van der Waals surface area contributed by atoms with E-state index >= 15 is 0 Å². The van der Waals surface area contributed by atoms with Crippen LogP contribution in [0.15, 0.2) is 29.1 Å². The minimum atomic E-state index is 0.0165. The third-order valence-electron chi connectivity index (χ3n) is 7.84. The van der Waals surface area contributed by atoms with E-state index in [0.717, 1.165) is 47.1 Å². The van der Waals surface area contributed by atoms with E-state index in [-0.39, 0.29) is 11.6 Å². The van der Waals surface area contributed by atoms with Crippen LogP contribution in [0.2, 0.25) is 0 Å². The van der Waals surface area contributed by atoms with Gasteiger partial charge in [0.1, 0.15) is 0 Å². The van der Waals surface area contributed by atoms with Crippen molar-refractivity contribution in [2.24, 2.45) is 0 Å². The summed E-state index contributed by atoms with van der Waals surface area (Å²) in [6.07, 6.45) is 11.9. The van der Waals surface area contributed by atoms with E-state index in [1.807, 2.05) is 13.0 Å². The van der Waals surface area contributed by atoms with Gasteiger partial charge in [0, 0.05) is 18.2 Å². The number of tetrazole rings is 1. The van der Waals surface area contributed by atoms with Crippen LogP contribution in [0.5, 0.6) is 0 Å². The van der Waals surface area contributed by atoms with Gasteiger partial charge in [-0.05, 0) is 66.5 Å². The number of benzene rings is 1. The van der Waals surface area contributed by atoms with Gasteiger partial charge in [-0.25, -0.2) is 4.68 Å². The van der Waals surface area contributed by atoms with Crippen molar-refractivity contribution in [1.29, 1.82) is 0 Å². The quantitative estimate of drug-likeness (QED) is 0.536. The van der Waals surface area contributed by atoms with Crippen LogP contribution in [0, 0.1) is 6.92 Å². The summed E-state index contributed by atoms with van der Waals surface area (Å²) in [5.41, 5.74) is 2.88. The van der Waals surface area contributed by atoms with Gasteiger partial charge in [-0.1, -0.05) is 57.2 Å². The van der Waals surface area contributed by atoms with E-state index in [0.29, 0.717) is 18.6 Å². The third kappa shape index (κ3) is 4.47. The number of hydrogen-bond acceptors (Lipinski definition) is 5. The first-order valence-corrected chi connectivity index (χ1v) is 12.8. The Morgan fingerprint density at radius 2 is 1.88 bits per heavy atom. The average Bonchev–Trinajstić information content (AvgIpc) is 3.53. The molecule has 176 valence electrons. The summed E-state index contributed by atoms with van der Waals surface area (Å²) >= 11 is 0. The van der Waals surface area contributed by atoms with Gasteiger partial charge in [0.25, 0.3) is 5.56 Å². The molecule has 0 amide bonds. The molecule has 2 aliphatic carbocycles. The largest absolute Gasteiger partial charge is 0.321 e. The molecule has 1 atom stereocenters. The molecule has 2 aliphatic rings. The third-order valence-corrected chi connectivity index (χ3v) is 7.84. The average molecular weight is 449 g/mol. The molecule has 0 saturated heterocycles. The number of hydrogen-bond donors (Lipinski definition) is 1. The molecule has 1 N–H and O–H groups in total. The monoisotopic (exact) mass is 448 g/mol. The fourth-order valence-corrected chi connectivity index (χ4v) is 6.04. The molecule has 7 heteroatoms. The molecule has 0 aliphatic heterocycles. The molecule has 33 heavy (non-hydrogen) atoms. The van der Waals surface area contributed by atoms with Gasteiger partial charge in [0.15, 0.2) is 5.82 Å². The van der Waals surface area contributed by atoms with Gasteiger partial charge in [0.2, 0.25) is 0 Å². The second-order valence-electron chi connectivity index (χ2n) is 9.97. The number of pyridine rings is 1. The Balaban J connectivity index is 1.52. The van der Waals surface area contributed by atoms with Crippen molar-refractivity contribution in [1.82, 2.24) is 30.1 Å². The SMILES string of the molecule is CC[C@@H](c1nnnn1C1CCCC1)N(Cc1cc2cccc(C)c2[nH]c1=O)C1CCCCC1. The summed E-state index contributed by atoms with van der Waals surface area (Å²) in [5.74, 6) is 0.975. The van der Waals surface area contributed by atoms with Gasteiger partial charge in [-0.3, -0.25) is 9.69 Å². The standard InChI is InChI=1S/C26H36N6O/c1-3-23(25-28-29-30-32(25)22-14-7-8-15-22)31(21-12-5-4-6-13-21)17-20-16-19-11-9-10-18(2)24(19)27-26(20)33/h9-11,16,21-23H,3-8,12-15,17H2,1-2H3,(H,27,33)/t23-/m0/s1. The van der Waals surface area contributed by atoms with E-state index in [4.69, 9.17) is 0 Å². The van der Waals surface area contributed by atoms with Crippen molar-refractivity contribution in [3.8, 4) is 0 Å². The number of aromatic amines is 1. The van der Waals surface area contributed by atoms with Crippen LogP contribution >= 0.6 is 0 Å². The van der Waals surface area contributed by atoms with Crippen LogP contribution in [-0.2, 0) is 6.54 Å². The Kier molecular flexibility index (Phi) is 6.58. The zero-order valence-electron chi connectivity index (χ0n) is 20.0. The van der Waals surface area contributed by atoms with E-state index in [1.165, 1.54) is 44.9 Å². The zero-order chi connectivity index (χ0) is 22.8. The molecule has 5 rings (SSSR count). The van der Waals surface area contributed by atoms with Crippen LogP contribution in [0.25, 0.3) is 10.9 Å². The van der Waals surface area contributed by atoms with Crippen molar-refractivity contribution in [3.63, 3.8) is 0 Å². The van der Waals surface area contributed by atoms with Gasteiger partial charge >= 0.3 is 0 Å². The molecule has 0 bridgehead atoms. The fourth-order valence-electron chi connectivity index (χ4n) is 6.04. The van der Waals surface area contributed by atoms with Gasteiger partial charge in [-0.2, -0.15) is 0 Å². The Hall–Kier alpha value is -2.54. The van der Waals surface area contributed by atoms with Crippen molar-refractivity contribution in [2.45, 2.75) is 103 Å². The number of fused-ring (bicyclic) bond motifs is 1. The Morgan fingerprint density at radius 3 is 2.64 bits per heavy atom. The van der Waals surface area contributed by atoms with Crippen LogP contribution in [0.4, 0.5) is 0 Å². The summed E-state index contributed by atoms with van der Waals surface area (Å²) in [4.78, 5) is 18.8. The number of aryl methyl sites for hydroxylation is 1. The van der Waals surface area contributed by atoms with E-state index < -0.39 is 0 Å². The molecule has 1 aromatic carbocycles. The highest BCUT2D eigenvalue weighted by Crippen LogP contribution is 2.36. The lowest BCUT2D eigenvalue weighted by atomic mass is 9.92. The molecular weight excluding hydrogens is 412 g/mol. The Labute approximate surface area is 195 Å². The van der Waals surface area contributed by atoms with Crippen LogP contribution in [0.1, 0.15) is 100 Å². The molecule has 0 radical (unpaired) electrons. The minimum absolute atomic E-state index is 0.0165. The van der Waals surface area contributed by atoms with Gasteiger partial charge < -0.3 is 4.98 Å². The van der Waals surface area contributed by atoms with Crippen molar-refractivity contribution < 1.29 is 0 Å². The van der Waals surface area contributed by atoms with Crippen molar-refractivity contribution in [3.05, 3.63) is 51.6 Å². The Bertz CT molecular complexity index is 1140. The zero-order valence-corrected chi connectivity index (χ0v) is 20.0. The van der Waals surface area contributed by atoms with Crippen LogP contribution in [-0.4, -0.2) is 36.1 Å². The number of para-hydroxylation sites is 1. The fraction of sp³-hybridized carbons (Fsp3) is 0.615. The molecule has 7 nitrogen and oxygen atoms in total. The smallest absolute Gasteiger partial charge is 0.252 e. The molecular formula is C26H36N6O. The first kappa shape index (κ1) is 22.3. The lowest BCUT2D eigenvalue weighted by Crippen LogP contribution is -2.41. The van der Waals surface area contributed by atoms with Crippen molar-refractivity contribution in [2.75, 3.05) is 0 Å². The summed E-state index contributed by atoms with van der Waals surface area (Å²) in [5, 5.41) is 14.2. The highest BCUT2D eigenvalue weighted by molar-refractivity contribution is 5.81. The molecule has 2 saturated carbocycles. The maximum Gasteiger partial charge on any atom is 0.252 e. The summed E-state index contributed by atoms with van der Waals surface area (Å²) in [6, 6.07) is 9.24. The van der Waals surface area contributed by atoms with Crippen LogP contribution in [0.3, 0.4) is 0 Å². The molecule has 2 heterocycles. The molecule has 0 unspecified atom stereocenters. The van der Waals surface area contributed by atoms with Crippen molar-refractivity contribution >= 4 is 10.9 Å². The number of rotatable bonds is 7. The second-order valence-corrected chi connectivity index (χ2v) is 9.97. The number of nitrogens with zero attached hydrogens (tertiary/aromatic N) is 5. The van der Waals surface area contributed by atoms with Gasteiger partial charge in [-0.15, -0.1) is 5.10 Å². The normalized spacial score (nSPS) is 19.0. The molecule has 2 aromatic heterocycles. The van der Waals surface area contributed by atoms with Gasteiger partial charge in [0.05, 0.1) is 17.6 Å². The minimum Gasteiger partial charge on any atom is -0.321 e. The molecule has 0 spiro atoms. The van der Waals surface area contributed by atoms with E-state index in [1.54, 1.807) is 0 Å². The molecule has 3 aromatic rings. The first-order chi connectivity index (χ1) is 16.2. The van der Waals surface area contributed by atoms with Crippen LogP contribution < -0.4 is 5.56 Å². The first-order valence-electron chi connectivity index (χ1n) is 12.8.